The van der Waals surface area contributed by atoms with Crippen molar-refractivity contribution in [1.82, 2.24) is 4.90 Å². The smallest absolute Gasteiger partial charge is 0.307 e. The molecule has 2 aromatic rings. The Balaban J connectivity index is 1.53. The standard InChI is InChI=1S/C23H25F2NO3/c24-21-6-3-17(4-7-21)14-20-15-22(25)8-5-18(20)9-12-29-13-11-26-10-1-2-19(16-26)23(27)28/h3-9,12,15,19H,1-2,10-11,13-14,16H2,(H,27,28)/b12-9+. The van der Waals surface area contributed by atoms with E-state index >= 15 is 0 Å². The monoisotopic (exact) mass is 401 g/mol. The summed E-state index contributed by atoms with van der Waals surface area (Å²) < 4.78 is 32.3. The van der Waals surface area contributed by atoms with E-state index in [0.717, 1.165) is 36.1 Å². The molecule has 1 fully saturated rings. The predicted octanol–water partition coefficient (Wildman–Crippen LogP) is 4.34. The minimum absolute atomic E-state index is 0.299. The maximum atomic E-state index is 13.7. The summed E-state index contributed by atoms with van der Waals surface area (Å²) >= 11 is 0. The second-order valence-electron chi connectivity index (χ2n) is 7.30. The fourth-order valence-corrected chi connectivity index (χ4v) is 3.54. The van der Waals surface area contributed by atoms with Gasteiger partial charge >= 0.3 is 5.97 Å². The number of piperidine rings is 1. The number of halogens is 2. The lowest BCUT2D eigenvalue weighted by Crippen LogP contribution is -2.40. The Hall–Kier alpha value is -2.73. The van der Waals surface area contributed by atoms with Crippen LogP contribution in [0.5, 0.6) is 0 Å². The maximum Gasteiger partial charge on any atom is 0.307 e. The average molecular weight is 401 g/mol. The van der Waals surface area contributed by atoms with Crippen molar-refractivity contribution in [3.63, 3.8) is 0 Å². The van der Waals surface area contributed by atoms with Crippen LogP contribution in [0.1, 0.15) is 29.5 Å². The molecule has 0 aromatic heterocycles. The molecule has 4 nitrogen and oxygen atoms in total. The molecule has 1 heterocycles. The SMILES string of the molecule is O=C(O)C1CCCN(CCO/C=C/c2ccc(F)cc2Cc2ccc(F)cc2)C1. The molecule has 29 heavy (non-hydrogen) atoms. The van der Waals surface area contributed by atoms with Gasteiger partial charge in [0.15, 0.2) is 0 Å². The van der Waals surface area contributed by atoms with Gasteiger partial charge in [0, 0.05) is 13.1 Å². The zero-order valence-corrected chi connectivity index (χ0v) is 16.2. The molecular weight excluding hydrogens is 376 g/mol. The maximum absolute atomic E-state index is 13.7. The lowest BCUT2D eigenvalue weighted by Gasteiger charge is -2.30. The van der Waals surface area contributed by atoms with Crippen LogP contribution < -0.4 is 0 Å². The Labute approximate surface area is 169 Å². The predicted molar refractivity (Wildman–Crippen MR) is 107 cm³/mol. The third-order valence-corrected chi connectivity index (χ3v) is 5.14. The number of ether oxygens (including phenoxy) is 1. The van der Waals surface area contributed by atoms with Crippen LogP contribution in [0.25, 0.3) is 6.08 Å². The van der Waals surface area contributed by atoms with Crippen molar-refractivity contribution in [3.05, 3.63) is 77.1 Å². The second kappa shape index (κ2) is 10.2. The van der Waals surface area contributed by atoms with E-state index in [0.29, 0.717) is 26.1 Å². The highest BCUT2D eigenvalue weighted by Gasteiger charge is 2.24. The van der Waals surface area contributed by atoms with Gasteiger partial charge in [0.05, 0.1) is 18.8 Å². The molecular formula is C23H25F2NO3. The Morgan fingerprint density at radius 2 is 1.93 bits per heavy atom. The van der Waals surface area contributed by atoms with Gasteiger partial charge < -0.3 is 9.84 Å². The van der Waals surface area contributed by atoms with Gasteiger partial charge in [-0.25, -0.2) is 8.78 Å². The van der Waals surface area contributed by atoms with Gasteiger partial charge in [-0.15, -0.1) is 0 Å². The van der Waals surface area contributed by atoms with Gasteiger partial charge in [-0.3, -0.25) is 9.69 Å². The molecule has 0 aliphatic carbocycles. The first-order chi connectivity index (χ1) is 14.0. The van der Waals surface area contributed by atoms with Crippen LogP contribution in [0.2, 0.25) is 0 Å². The molecule has 1 atom stereocenters. The van der Waals surface area contributed by atoms with Gasteiger partial charge in [0.2, 0.25) is 0 Å². The lowest BCUT2D eigenvalue weighted by molar-refractivity contribution is -0.143. The third kappa shape index (κ3) is 6.39. The first-order valence-electron chi connectivity index (χ1n) is 9.77. The Bertz CT molecular complexity index is 852. The largest absolute Gasteiger partial charge is 0.500 e. The molecule has 1 saturated heterocycles. The van der Waals surface area contributed by atoms with Crippen molar-refractivity contribution in [2.75, 3.05) is 26.2 Å². The molecule has 3 rings (SSSR count). The van der Waals surface area contributed by atoms with E-state index in [2.05, 4.69) is 4.90 Å². The molecule has 1 N–H and O–H groups in total. The number of rotatable bonds is 8. The van der Waals surface area contributed by atoms with Crippen LogP contribution in [0.3, 0.4) is 0 Å². The molecule has 0 spiro atoms. The van der Waals surface area contributed by atoms with E-state index < -0.39 is 5.97 Å². The molecule has 0 radical (unpaired) electrons. The Kier molecular flexibility index (Phi) is 7.36. The Morgan fingerprint density at radius 1 is 1.17 bits per heavy atom. The summed E-state index contributed by atoms with van der Waals surface area (Å²) in [5.41, 5.74) is 2.52. The van der Waals surface area contributed by atoms with Crippen LogP contribution in [0.4, 0.5) is 8.78 Å². The average Bonchev–Trinajstić information content (AvgIpc) is 2.71. The van der Waals surface area contributed by atoms with Crippen molar-refractivity contribution in [3.8, 4) is 0 Å². The van der Waals surface area contributed by atoms with Gasteiger partial charge in [0.25, 0.3) is 0 Å². The fourth-order valence-electron chi connectivity index (χ4n) is 3.54. The summed E-state index contributed by atoms with van der Waals surface area (Å²) in [7, 11) is 0. The van der Waals surface area contributed by atoms with E-state index in [1.165, 1.54) is 24.3 Å². The van der Waals surface area contributed by atoms with Crippen molar-refractivity contribution < 1.29 is 23.4 Å². The third-order valence-electron chi connectivity index (χ3n) is 5.14. The van der Waals surface area contributed by atoms with Crippen LogP contribution in [0.15, 0.2) is 48.7 Å². The minimum atomic E-state index is -0.736. The van der Waals surface area contributed by atoms with Gasteiger partial charge in [-0.1, -0.05) is 18.2 Å². The number of hydrogen-bond acceptors (Lipinski definition) is 3. The molecule has 2 aromatic carbocycles. The van der Waals surface area contributed by atoms with E-state index in [1.54, 1.807) is 30.5 Å². The Morgan fingerprint density at radius 3 is 2.69 bits per heavy atom. The van der Waals surface area contributed by atoms with Crippen LogP contribution in [0, 0.1) is 17.6 Å². The summed E-state index contributed by atoms with van der Waals surface area (Å²) in [4.78, 5) is 13.2. The van der Waals surface area contributed by atoms with Crippen molar-refractivity contribution >= 4 is 12.0 Å². The number of nitrogens with zero attached hydrogens (tertiary/aromatic N) is 1. The number of hydrogen-bond donors (Lipinski definition) is 1. The fraction of sp³-hybridized carbons (Fsp3) is 0.348. The van der Waals surface area contributed by atoms with E-state index in [1.807, 2.05) is 0 Å². The molecule has 0 amide bonds. The quantitative estimate of drug-likeness (QED) is 0.528. The number of benzene rings is 2. The van der Waals surface area contributed by atoms with Crippen LogP contribution >= 0.6 is 0 Å². The summed E-state index contributed by atoms with van der Waals surface area (Å²) in [5.74, 6) is -1.66. The minimum Gasteiger partial charge on any atom is -0.500 e. The van der Waals surface area contributed by atoms with E-state index in [-0.39, 0.29) is 17.6 Å². The molecule has 6 heteroatoms. The zero-order chi connectivity index (χ0) is 20.6. The highest BCUT2D eigenvalue weighted by atomic mass is 19.1. The molecule has 0 saturated carbocycles. The summed E-state index contributed by atoms with van der Waals surface area (Å²) in [5, 5.41) is 9.14. The van der Waals surface area contributed by atoms with Crippen molar-refractivity contribution in [2.45, 2.75) is 19.3 Å². The lowest BCUT2D eigenvalue weighted by atomic mass is 9.98. The van der Waals surface area contributed by atoms with E-state index in [4.69, 9.17) is 9.84 Å². The molecule has 1 aliphatic rings. The normalized spacial score (nSPS) is 17.5. The van der Waals surface area contributed by atoms with Crippen LogP contribution in [-0.2, 0) is 16.0 Å². The van der Waals surface area contributed by atoms with E-state index in [9.17, 15) is 13.6 Å². The first kappa shape index (κ1) is 21.0. The first-order valence-corrected chi connectivity index (χ1v) is 9.77. The molecule has 154 valence electrons. The number of carboxylic acids is 1. The van der Waals surface area contributed by atoms with Crippen molar-refractivity contribution in [2.24, 2.45) is 5.92 Å². The van der Waals surface area contributed by atoms with Gasteiger partial charge in [0.1, 0.15) is 11.6 Å². The number of carboxylic acid groups (broad SMARTS) is 1. The summed E-state index contributed by atoms with van der Waals surface area (Å²) in [6.45, 7) is 2.57. The highest BCUT2D eigenvalue weighted by Crippen LogP contribution is 2.19. The topological polar surface area (TPSA) is 49.8 Å². The van der Waals surface area contributed by atoms with Gasteiger partial charge in [-0.2, -0.15) is 0 Å². The molecule has 0 bridgehead atoms. The summed E-state index contributed by atoms with van der Waals surface area (Å²) in [6.07, 6.45) is 5.47. The highest BCUT2D eigenvalue weighted by molar-refractivity contribution is 5.70. The zero-order valence-electron chi connectivity index (χ0n) is 16.2. The number of likely N-dealkylation sites (tertiary alicyclic amines) is 1. The molecule has 1 unspecified atom stereocenters. The summed E-state index contributed by atoms with van der Waals surface area (Å²) in [6, 6.07) is 10.7. The van der Waals surface area contributed by atoms with Gasteiger partial charge in [-0.05, 0) is 72.8 Å². The van der Waals surface area contributed by atoms with Crippen LogP contribution in [-0.4, -0.2) is 42.2 Å². The molecule has 1 aliphatic heterocycles. The number of aliphatic carboxylic acids is 1. The number of carbonyl (C=O) groups is 1. The second-order valence-corrected chi connectivity index (χ2v) is 7.30. The van der Waals surface area contributed by atoms with Crippen molar-refractivity contribution in [1.29, 1.82) is 0 Å².